The molecule has 2 aliphatic heterocycles. The fourth-order valence-electron chi connectivity index (χ4n) is 8.83. The maximum absolute atomic E-state index is 13.2. The summed E-state index contributed by atoms with van der Waals surface area (Å²) in [7, 11) is 0. The molecule has 0 aromatic carbocycles. The summed E-state index contributed by atoms with van der Waals surface area (Å²) in [6.45, 7) is 2.84. The number of carbonyl (C=O) groups excluding carboxylic acids is 1. The van der Waals surface area contributed by atoms with Crippen LogP contribution in [-0.2, 0) is 23.7 Å². The first kappa shape index (κ1) is 58.1. The van der Waals surface area contributed by atoms with Crippen molar-refractivity contribution in [3.8, 4) is 0 Å². The second kappa shape index (κ2) is 37.0. The Kier molecular flexibility index (Phi) is 34.2. The molecular formula is C49H95NO13. The molecule has 0 aromatic rings. The number of amides is 1. The highest BCUT2D eigenvalue weighted by Crippen LogP contribution is 2.30. The Balaban J connectivity index is 1.76. The number of rotatable bonds is 40. The second-order valence-corrected chi connectivity index (χ2v) is 18.7. The number of nitrogens with one attached hydrogen (secondary N) is 1. The van der Waals surface area contributed by atoms with E-state index in [0.717, 1.165) is 51.4 Å². The molecule has 0 spiro atoms. The molecule has 2 heterocycles. The van der Waals surface area contributed by atoms with Crippen LogP contribution >= 0.6 is 0 Å². The fraction of sp³-hybridized carbons (Fsp3) is 0.980. The third-order valence-corrected chi connectivity index (χ3v) is 13.1. The van der Waals surface area contributed by atoms with E-state index in [0.29, 0.717) is 12.8 Å². The highest BCUT2D eigenvalue weighted by molar-refractivity contribution is 5.76. The van der Waals surface area contributed by atoms with Crippen LogP contribution in [0.1, 0.15) is 213 Å². The van der Waals surface area contributed by atoms with Crippen molar-refractivity contribution in [2.75, 3.05) is 19.8 Å². The van der Waals surface area contributed by atoms with Crippen molar-refractivity contribution >= 4 is 5.91 Å². The van der Waals surface area contributed by atoms with Crippen LogP contribution in [0.25, 0.3) is 0 Å². The minimum absolute atomic E-state index is 0.205. The van der Waals surface area contributed by atoms with E-state index in [2.05, 4.69) is 19.2 Å². The monoisotopic (exact) mass is 906 g/mol. The van der Waals surface area contributed by atoms with Gasteiger partial charge in [-0.25, -0.2) is 0 Å². The van der Waals surface area contributed by atoms with Gasteiger partial charge in [0.15, 0.2) is 12.6 Å². The van der Waals surface area contributed by atoms with E-state index in [1.54, 1.807) is 0 Å². The minimum Gasteiger partial charge on any atom is -0.394 e. The average Bonchev–Trinajstić information content (AvgIpc) is 3.28. The van der Waals surface area contributed by atoms with Crippen LogP contribution in [0.2, 0.25) is 0 Å². The molecule has 1 amide bonds. The summed E-state index contributed by atoms with van der Waals surface area (Å²) in [6.07, 6.45) is 19.8. The van der Waals surface area contributed by atoms with Crippen LogP contribution in [0.5, 0.6) is 0 Å². The highest BCUT2D eigenvalue weighted by Gasteiger charge is 2.51. The van der Waals surface area contributed by atoms with Crippen LogP contribution < -0.4 is 5.32 Å². The molecule has 14 nitrogen and oxygen atoms in total. The summed E-state index contributed by atoms with van der Waals surface area (Å²) >= 11 is 0. The number of aliphatic hydroxyl groups is 8. The maximum Gasteiger partial charge on any atom is 0.220 e. The Labute approximate surface area is 381 Å². The molecule has 9 N–H and O–H groups in total. The molecule has 2 fully saturated rings. The van der Waals surface area contributed by atoms with E-state index in [4.69, 9.17) is 18.9 Å². The van der Waals surface area contributed by atoms with Crippen molar-refractivity contribution in [2.45, 2.75) is 286 Å². The lowest BCUT2D eigenvalue weighted by molar-refractivity contribution is -0.359. The van der Waals surface area contributed by atoms with Gasteiger partial charge in [0.1, 0.15) is 48.8 Å². The molecule has 374 valence electrons. The fourth-order valence-corrected chi connectivity index (χ4v) is 8.83. The van der Waals surface area contributed by atoms with Gasteiger partial charge < -0.3 is 65.1 Å². The molecule has 2 saturated heterocycles. The largest absolute Gasteiger partial charge is 0.394 e. The molecule has 2 rings (SSSR count). The van der Waals surface area contributed by atoms with Crippen LogP contribution in [0, 0.1) is 0 Å². The number of ether oxygens (including phenoxy) is 4. The SMILES string of the molecule is CCCCCCCCCCCCCCCCCCCCCCC(=O)N[C@@H](CO[C@@H]1O[C@H](CO)[C@@H](O[C@@H]2O[C@H](CO)[C@H](O)C(O)C2O)C(O)C1O)[C@H](O)CCCCCCCCCCC. The summed E-state index contributed by atoms with van der Waals surface area (Å²) in [5.74, 6) is -0.205. The first-order valence-electron chi connectivity index (χ1n) is 25.8. The summed E-state index contributed by atoms with van der Waals surface area (Å²) in [6, 6.07) is -0.819. The molecule has 0 aromatic heterocycles. The zero-order valence-electron chi connectivity index (χ0n) is 39.6. The van der Waals surface area contributed by atoms with Gasteiger partial charge in [-0.3, -0.25) is 4.79 Å². The molecule has 0 aliphatic carbocycles. The molecule has 63 heavy (non-hydrogen) atoms. The molecule has 0 saturated carbocycles. The number of unbranched alkanes of at least 4 members (excludes halogenated alkanes) is 27. The first-order chi connectivity index (χ1) is 30.6. The van der Waals surface area contributed by atoms with Gasteiger partial charge in [0.2, 0.25) is 5.91 Å². The average molecular weight is 906 g/mol. The van der Waals surface area contributed by atoms with Crippen LogP contribution in [0.15, 0.2) is 0 Å². The Hall–Kier alpha value is -1.01. The predicted molar refractivity (Wildman–Crippen MR) is 245 cm³/mol. The molecule has 0 radical (unpaired) electrons. The summed E-state index contributed by atoms with van der Waals surface area (Å²) < 4.78 is 22.7. The zero-order chi connectivity index (χ0) is 46.1. The Bertz CT molecular complexity index is 1070. The van der Waals surface area contributed by atoms with E-state index in [1.165, 1.54) is 135 Å². The van der Waals surface area contributed by atoms with Gasteiger partial charge in [0.25, 0.3) is 0 Å². The van der Waals surface area contributed by atoms with Gasteiger partial charge in [0.05, 0.1) is 32.0 Å². The van der Waals surface area contributed by atoms with E-state index in [-0.39, 0.29) is 12.5 Å². The van der Waals surface area contributed by atoms with Gasteiger partial charge in [-0.05, 0) is 12.8 Å². The topological polar surface area (TPSA) is 228 Å². The van der Waals surface area contributed by atoms with Crippen LogP contribution in [0.3, 0.4) is 0 Å². The predicted octanol–water partition coefficient (Wildman–Crippen LogP) is 6.61. The molecule has 2 aliphatic rings. The number of hydrogen-bond acceptors (Lipinski definition) is 13. The molecule has 4 unspecified atom stereocenters. The molecule has 12 atom stereocenters. The third-order valence-electron chi connectivity index (χ3n) is 13.1. The number of hydrogen-bond donors (Lipinski definition) is 9. The van der Waals surface area contributed by atoms with Gasteiger partial charge in [-0.1, -0.05) is 194 Å². The van der Waals surface area contributed by atoms with Crippen LogP contribution in [-0.4, -0.2) is 140 Å². The van der Waals surface area contributed by atoms with E-state index >= 15 is 0 Å². The quantitative estimate of drug-likeness (QED) is 0.0296. The van der Waals surface area contributed by atoms with Crippen molar-refractivity contribution in [3.05, 3.63) is 0 Å². The summed E-state index contributed by atoms with van der Waals surface area (Å²) in [4.78, 5) is 13.2. The van der Waals surface area contributed by atoms with E-state index < -0.39 is 86.8 Å². The van der Waals surface area contributed by atoms with Crippen molar-refractivity contribution in [2.24, 2.45) is 0 Å². The zero-order valence-corrected chi connectivity index (χ0v) is 39.6. The Morgan fingerprint density at radius 2 is 0.905 bits per heavy atom. The third kappa shape index (κ3) is 24.5. The first-order valence-corrected chi connectivity index (χ1v) is 25.8. The normalized spacial score (nSPS) is 27.4. The van der Waals surface area contributed by atoms with E-state index in [1.807, 2.05) is 0 Å². The summed E-state index contributed by atoms with van der Waals surface area (Å²) in [5.41, 5.74) is 0. The van der Waals surface area contributed by atoms with Gasteiger partial charge in [-0.15, -0.1) is 0 Å². The van der Waals surface area contributed by atoms with Gasteiger partial charge in [-0.2, -0.15) is 0 Å². The van der Waals surface area contributed by atoms with E-state index in [9.17, 15) is 45.6 Å². The standard InChI is InChI=1S/C49H95NO13/c1-3-5-7-9-11-13-14-15-16-17-18-19-20-21-22-23-25-27-29-31-33-41(54)50-37(38(53)32-30-28-26-24-12-10-8-6-4-2)36-60-48-46(59)44(57)47(40(35-52)62-48)63-49-45(58)43(56)42(55)39(34-51)61-49/h37-40,42-49,51-53,55-59H,3-36H2,1-2H3,(H,50,54)/t37-,38+,39+,40+,42-,43?,44?,45?,46?,47+,48+,49-/m0/s1. The van der Waals surface area contributed by atoms with Crippen molar-refractivity contribution < 1.29 is 64.6 Å². The highest BCUT2D eigenvalue weighted by atomic mass is 16.7. The maximum atomic E-state index is 13.2. The minimum atomic E-state index is -1.78. The van der Waals surface area contributed by atoms with Crippen LogP contribution in [0.4, 0.5) is 0 Å². The van der Waals surface area contributed by atoms with Gasteiger partial charge >= 0.3 is 0 Å². The number of aliphatic hydroxyl groups excluding tert-OH is 8. The summed E-state index contributed by atoms with van der Waals surface area (Å²) in [5, 5.41) is 86.7. The van der Waals surface area contributed by atoms with Crippen molar-refractivity contribution in [1.29, 1.82) is 0 Å². The van der Waals surface area contributed by atoms with Crippen molar-refractivity contribution in [1.82, 2.24) is 5.32 Å². The second-order valence-electron chi connectivity index (χ2n) is 18.7. The van der Waals surface area contributed by atoms with Gasteiger partial charge in [0, 0.05) is 6.42 Å². The molecule has 14 heteroatoms. The Morgan fingerprint density at radius 3 is 1.35 bits per heavy atom. The lowest BCUT2D eigenvalue weighted by Gasteiger charge is -2.46. The lowest BCUT2D eigenvalue weighted by Crippen LogP contribution is -2.65. The van der Waals surface area contributed by atoms with Crippen molar-refractivity contribution in [3.63, 3.8) is 0 Å². The molecular weight excluding hydrogens is 811 g/mol. The lowest BCUT2D eigenvalue weighted by atomic mass is 9.97. The molecule has 0 bridgehead atoms. The Morgan fingerprint density at radius 1 is 0.508 bits per heavy atom. The smallest absolute Gasteiger partial charge is 0.220 e. The number of carbonyl (C=O) groups is 1.